The molecule has 3 rings (SSSR count). The van der Waals surface area contributed by atoms with Gasteiger partial charge in [0.1, 0.15) is 5.75 Å². The molecule has 140 valence electrons. The summed E-state index contributed by atoms with van der Waals surface area (Å²) in [7, 11) is 1.68. The average Bonchev–Trinajstić information content (AvgIpc) is 2.89. The van der Waals surface area contributed by atoms with Crippen LogP contribution < -0.4 is 15.4 Å². The molecule has 0 saturated heterocycles. The number of methoxy groups -OCH3 is 1. The van der Waals surface area contributed by atoms with Crippen molar-refractivity contribution in [3.05, 3.63) is 29.0 Å². The number of hydrogen-bond donors (Lipinski definition) is 2. The fourth-order valence-electron chi connectivity index (χ4n) is 3.17. The zero-order valence-corrected chi connectivity index (χ0v) is 17.7. The van der Waals surface area contributed by atoms with E-state index in [9.17, 15) is 0 Å². The SMILES string of the molecule is COc1ccc(Nc2nc(Cl)nc(NC3CCCCCC3)n2)cc1CI. The summed E-state index contributed by atoms with van der Waals surface area (Å²) in [4.78, 5) is 12.9. The standard InChI is InChI=1S/C18H23ClIN5O/c1-26-15-9-8-14(10-12(15)11-20)22-18-24-16(19)23-17(25-18)21-13-6-4-2-3-5-7-13/h8-10,13H,2-7,11H2,1H3,(H2,21,22,23,24,25). The van der Waals surface area contributed by atoms with Gasteiger partial charge in [-0.2, -0.15) is 15.0 Å². The molecule has 2 aromatic rings. The van der Waals surface area contributed by atoms with Crippen LogP contribution in [-0.2, 0) is 4.43 Å². The van der Waals surface area contributed by atoms with Crippen LogP contribution in [0.3, 0.4) is 0 Å². The number of rotatable bonds is 6. The number of hydrogen-bond acceptors (Lipinski definition) is 6. The van der Waals surface area contributed by atoms with Crippen LogP contribution in [0.25, 0.3) is 0 Å². The molecule has 0 amide bonds. The molecule has 0 unspecified atom stereocenters. The molecule has 1 aliphatic carbocycles. The van der Waals surface area contributed by atoms with Crippen molar-refractivity contribution in [3.8, 4) is 5.75 Å². The largest absolute Gasteiger partial charge is 0.496 e. The molecule has 26 heavy (non-hydrogen) atoms. The van der Waals surface area contributed by atoms with Crippen molar-refractivity contribution >= 4 is 51.8 Å². The molecule has 6 nitrogen and oxygen atoms in total. The Bertz CT molecular complexity index is 738. The van der Waals surface area contributed by atoms with E-state index in [-0.39, 0.29) is 5.28 Å². The van der Waals surface area contributed by atoms with Gasteiger partial charge in [-0.05, 0) is 42.6 Å². The van der Waals surface area contributed by atoms with Gasteiger partial charge in [-0.25, -0.2) is 0 Å². The minimum atomic E-state index is 0.182. The maximum absolute atomic E-state index is 6.11. The summed E-state index contributed by atoms with van der Waals surface area (Å²) in [6, 6.07) is 6.30. The summed E-state index contributed by atoms with van der Waals surface area (Å²) in [5.74, 6) is 1.84. The zero-order chi connectivity index (χ0) is 18.4. The van der Waals surface area contributed by atoms with Crippen molar-refractivity contribution in [2.45, 2.75) is 49.0 Å². The highest BCUT2D eigenvalue weighted by Gasteiger charge is 2.14. The second-order valence-corrected chi connectivity index (χ2v) is 7.47. The second kappa shape index (κ2) is 9.55. The summed E-state index contributed by atoms with van der Waals surface area (Å²) >= 11 is 8.42. The van der Waals surface area contributed by atoms with Crippen LogP contribution in [-0.4, -0.2) is 28.1 Å². The molecule has 1 fully saturated rings. The number of benzene rings is 1. The topological polar surface area (TPSA) is 72.0 Å². The lowest BCUT2D eigenvalue weighted by Crippen LogP contribution is -2.20. The molecule has 1 aromatic heterocycles. The monoisotopic (exact) mass is 487 g/mol. The van der Waals surface area contributed by atoms with Crippen LogP contribution >= 0.6 is 34.2 Å². The first-order valence-corrected chi connectivity index (χ1v) is 10.8. The number of nitrogens with zero attached hydrogens (tertiary/aromatic N) is 3. The second-order valence-electron chi connectivity index (χ2n) is 6.37. The van der Waals surface area contributed by atoms with Gasteiger partial charge in [-0.3, -0.25) is 0 Å². The zero-order valence-electron chi connectivity index (χ0n) is 14.8. The van der Waals surface area contributed by atoms with Crippen LogP contribution in [0.1, 0.15) is 44.1 Å². The molecule has 0 bridgehead atoms. The molecule has 1 saturated carbocycles. The molecule has 1 aromatic carbocycles. The number of anilines is 3. The number of aromatic nitrogens is 3. The normalized spacial score (nSPS) is 15.3. The van der Waals surface area contributed by atoms with E-state index in [1.807, 2.05) is 18.2 Å². The van der Waals surface area contributed by atoms with Crippen molar-refractivity contribution in [2.24, 2.45) is 0 Å². The fraction of sp³-hybridized carbons (Fsp3) is 0.500. The maximum atomic E-state index is 6.11. The number of ether oxygens (including phenoxy) is 1. The van der Waals surface area contributed by atoms with Gasteiger partial charge in [0.2, 0.25) is 17.2 Å². The number of alkyl halides is 1. The molecule has 2 N–H and O–H groups in total. The predicted octanol–water partition coefficient (Wildman–Crippen LogP) is 5.35. The van der Waals surface area contributed by atoms with Crippen LogP contribution in [0.2, 0.25) is 5.28 Å². The smallest absolute Gasteiger partial charge is 0.233 e. The molecule has 8 heteroatoms. The van der Waals surface area contributed by atoms with E-state index in [0.29, 0.717) is 17.9 Å². The minimum absolute atomic E-state index is 0.182. The third-order valence-electron chi connectivity index (χ3n) is 4.48. The Morgan fingerprint density at radius 3 is 2.54 bits per heavy atom. The van der Waals surface area contributed by atoms with Crippen LogP contribution in [0.15, 0.2) is 18.2 Å². The van der Waals surface area contributed by atoms with Gasteiger partial charge < -0.3 is 15.4 Å². The Labute approximate surface area is 172 Å². The van der Waals surface area contributed by atoms with Crippen molar-refractivity contribution < 1.29 is 4.74 Å². The first-order valence-electron chi connectivity index (χ1n) is 8.86. The molecular weight excluding hydrogens is 465 g/mol. The Balaban J connectivity index is 1.75. The lowest BCUT2D eigenvalue weighted by molar-refractivity contribution is 0.411. The molecular formula is C18H23ClIN5O. The van der Waals surface area contributed by atoms with E-state index >= 15 is 0 Å². The van der Waals surface area contributed by atoms with Crippen LogP contribution in [0.4, 0.5) is 17.6 Å². The van der Waals surface area contributed by atoms with Crippen molar-refractivity contribution in [1.29, 1.82) is 0 Å². The minimum Gasteiger partial charge on any atom is -0.496 e. The van der Waals surface area contributed by atoms with Crippen molar-refractivity contribution in [2.75, 3.05) is 17.7 Å². The van der Waals surface area contributed by atoms with Crippen molar-refractivity contribution in [3.63, 3.8) is 0 Å². The summed E-state index contributed by atoms with van der Waals surface area (Å²) in [6.07, 6.45) is 7.38. The molecule has 0 aliphatic heterocycles. The van der Waals surface area contributed by atoms with Gasteiger partial charge in [-0.15, -0.1) is 0 Å². The summed E-state index contributed by atoms with van der Waals surface area (Å²) in [5.41, 5.74) is 2.00. The van der Waals surface area contributed by atoms with E-state index in [1.165, 1.54) is 25.7 Å². The Morgan fingerprint density at radius 2 is 1.85 bits per heavy atom. The Morgan fingerprint density at radius 1 is 1.12 bits per heavy atom. The van der Waals surface area contributed by atoms with E-state index in [1.54, 1.807) is 7.11 Å². The summed E-state index contributed by atoms with van der Waals surface area (Å²) in [6.45, 7) is 0. The Hall–Kier alpha value is -1.35. The highest BCUT2D eigenvalue weighted by atomic mass is 127. The molecule has 0 radical (unpaired) electrons. The molecule has 0 spiro atoms. The lowest BCUT2D eigenvalue weighted by Gasteiger charge is -2.16. The first kappa shape index (κ1) is 19.4. The number of halogens is 2. The van der Waals surface area contributed by atoms with Gasteiger partial charge >= 0.3 is 0 Å². The van der Waals surface area contributed by atoms with E-state index in [2.05, 4.69) is 48.2 Å². The quantitative estimate of drug-likeness (QED) is 0.325. The van der Waals surface area contributed by atoms with Crippen LogP contribution in [0, 0.1) is 0 Å². The van der Waals surface area contributed by atoms with Crippen LogP contribution in [0.5, 0.6) is 5.75 Å². The van der Waals surface area contributed by atoms with Gasteiger partial charge in [-0.1, -0.05) is 48.3 Å². The molecule has 0 atom stereocenters. The van der Waals surface area contributed by atoms with E-state index in [4.69, 9.17) is 16.3 Å². The van der Waals surface area contributed by atoms with Gasteiger partial charge in [0.25, 0.3) is 0 Å². The maximum Gasteiger partial charge on any atom is 0.233 e. The highest BCUT2D eigenvalue weighted by molar-refractivity contribution is 14.1. The average molecular weight is 488 g/mol. The lowest BCUT2D eigenvalue weighted by atomic mass is 10.1. The third kappa shape index (κ3) is 5.33. The van der Waals surface area contributed by atoms with Gasteiger partial charge in [0.15, 0.2) is 0 Å². The third-order valence-corrected chi connectivity index (χ3v) is 5.47. The molecule has 1 aliphatic rings. The summed E-state index contributed by atoms with van der Waals surface area (Å²) in [5, 5.41) is 6.82. The van der Waals surface area contributed by atoms with E-state index in [0.717, 1.165) is 34.3 Å². The first-order chi connectivity index (χ1) is 12.7. The van der Waals surface area contributed by atoms with Gasteiger partial charge in [0, 0.05) is 21.7 Å². The highest BCUT2D eigenvalue weighted by Crippen LogP contribution is 2.27. The fourth-order valence-corrected chi connectivity index (χ4v) is 3.92. The van der Waals surface area contributed by atoms with E-state index < -0.39 is 0 Å². The Kier molecular flexibility index (Phi) is 7.13. The summed E-state index contributed by atoms with van der Waals surface area (Å²) < 4.78 is 6.22. The van der Waals surface area contributed by atoms with Gasteiger partial charge in [0.05, 0.1) is 7.11 Å². The van der Waals surface area contributed by atoms with Crippen molar-refractivity contribution in [1.82, 2.24) is 15.0 Å². The predicted molar refractivity (Wildman–Crippen MR) is 114 cm³/mol. The number of nitrogens with one attached hydrogen (secondary N) is 2. The molecule has 1 heterocycles.